The lowest BCUT2D eigenvalue weighted by atomic mass is 9.97. The third-order valence-electron chi connectivity index (χ3n) is 5.38. The molecule has 1 aliphatic rings. The average molecular weight is 571 g/mol. The van der Waals surface area contributed by atoms with E-state index in [2.05, 4.69) is 5.32 Å². The molecule has 0 saturated carbocycles. The van der Waals surface area contributed by atoms with Gasteiger partial charge >= 0.3 is 23.9 Å². The fraction of sp³-hybridized carbons (Fsp3) is 0.560. The topological polar surface area (TPSA) is 148 Å². The minimum absolute atomic E-state index is 0.210. The van der Waals surface area contributed by atoms with Crippen molar-refractivity contribution >= 4 is 41.3 Å². The smallest absolute Gasteiger partial charge is 0.339 e. The van der Waals surface area contributed by atoms with E-state index in [1.165, 1.54) is 0 Å². The molecule has 1 fully saturated rings. The highest BCUT2D eigenvalue weighted by Crippen LogP contribution is 2.31. The van der Waals surface area contributed by atoms with Crippen molar-refractivity contribution < 1.29 is 52.3 Å². The molecule has 0 spiro atoms. The number of rotatable bonds is 11. The van der Waals surface area contributed by atoms with E-state index >= 15 is 0 Å². The molecule has 216 valence electrons. The molecule has 13 nitrogen and oxygen atoms in total. The molecule has 14 heteroatoms. The fourth-order valence-corrected chi connectivity index (χ4v) is 3.75. The Labute approximate surface area is 231 Å². The zero-order chi connectivity index (χ0) is 29.1. The molecule has 0 bridgehead atoms. The van der Waals surface area contributed by atoms with Crippen molar-refractivity contribution in [3.8, 4) is 5.75 Å². The molecule has 1 aromatic carbocycles. The summed E-state index contributed by atoms with van der Waals surface area (Å²) in [6.45, 7) is 4.99. The number of likely N-dealkylation sites (N-methyl/N-ethyl adjacent to an activating group) is 2. The molecule has 1 N–H and O–H groups in total. The van der Waals surface area contributed by atoms with Gasteiger partial charge in [0, 0.05) is 40.9 Å². The second-order valence-corrected chi connectivity index (χ2v) is 8.86. The number of carbonyl (C=O) groups is 4. The van der Waals surface area contributed by atoms with Gasteiger partial charge in [0.15, 0.2) is 18.3 Å². The van der Waals surface area contributed by atoms with Gasteiger partial charge in [-0.2, -0.15) is 0 Å². The van der Waals surface area contributed by atoms with Crippen molar-refractivity contribution in [1.82, 2.24) is 10.2 Å². The van der Waals surface area contributed by atoms with Crippen LogP contribution < -0.4 is 10.1 Å². The number of carbonyl (C=O) groups excluding carboxylic acids is 4. The molecule has 0 amide bonds. The molecule has 0 unspecified atom stereocenters. The van der Waals surface area contributed by atoms with Crippen molar-refractivity contribution in [2.45, 2.75) is 58.1 Å². The van der Waals surface area contributed by atoms with E-state index < -0.39 is 54.6 Å². The van der Waals surface area contributed by atoms with Crippen LogP contribution >= 0.6 is 12.2 Å². The first-order valence-corrected chi connectivity index (χ1v) is 12.4. The highest BCUT2D eigenvalue weighted by Gasteiger charge is 2.55. The molecule has 0 radical (unpaired) electrons. The second-order valence-electron chi connectivity index (χ2n) is 8.51. The molecule has 5 atom stereocenters. The minimum Gasteiger partial charge on any atom is -0.467 e. The number of benzene rings is 1. The van der Waals surface area contributed by atoms with Crippen LogP contribution in [0.25, 0.3) is 0 Å². The Morgan fingerprint density at radius 3 is 2.05 bits per heavy atom. The van der Waals surface area contributed by atoms with Gasteiger partial charge in [0.1, 0.15) is 12.4 Å². The van der Waals surface area contributed by atoms with Gasteiger partial charge in [0.2, 0.25) is 12.4 Å². The summed E-state index contributed by atoms with van der Waals surface area (Å²) in [5.41, 5.74) is 0.785. The first-order chi connectivity index (χ1) is 18.5. The van der Waals surface area contributed by atoms with Gasteiger partial charge in [-0.25, -0.2) is 4.79 Å². The predicted molar refractivity (Wildman–Crippen MR) is 138 cm³/mol. The quantitative estimate of drug-likeness (QED) is 0.226. The molecule has 39 heavy (non-hydrogen) atoms. The van der Waals surface area contributed by atoms with E-state index in [9.17, 15) is 19.2 Å². The number of ether oxygens (including phenoxy) is 7. The third kappa shape index (κ3) is 9.64. The van der Waals surface area contributed by atoms with Crippen molar-refractivity contribution in [3.63, 3.8) is 0 Å². The zero-order valence-electron chi connectivity index (χ0n) is 22.7. The van der Waals surface area contributed by atoms with Crippen molar-refractivity contribution in [2.24, 2.45) is 0 Å². The number of thiocarbonyl (C=S) groups is 1. The van der Waals surface area contributed by atoms with Gasteiger partial charge in [-0.05, 0) is 37.0 Å². The van der Waals surface area contributed by atoms with Crippen LogP contribution in [0.1, 0.15) is 26.3 Å². The minimum atomic E-state index is -1.55. The maximum atomic E-state index is 12.5. The summed E-state index contributed by atoms with van der Waals surface area (Å²) < 4.78 is 38.0. The van der Waals surface area contributed by atoms with Gasteiger partial charge in [-0.1, -0.05) is 12.1 Å². The fourth-order valence-electron chi connectivity index (χ4n) is 3.60. The molecule has 2 rings (SSSR count). The Kier molecular flexibility index (Phi) is 12.4. The van der Waals surface area contributed by atoms with Gasteiger partial charge in [0.05, 0.1) is 7.11 Å². The SMILES string of the molecule is CNCCN(C)C(=S)OCc1ccc(O[C@@H]2O[C@H](C(=O)OC)[C@@H](OC(C)=O)[C@H](OC(C)=O)[C@H]2OC(C)=O)cc1. The van der Waals surface area contributed by atoms with Crippen LogP contribution in [0.5, 0.6) is 5.75 Å². The summed E-state index contributed by atoms with van der Waals surface area (Å²) in [5.74, 6) is -2.98. The molecule has 0 aliphatic carbocycles. The van der Waals surface area contributed by atoms with Crippen LogP contribution in [-0.2, 0) is 54.2 Å². The van der Waals surface area contributed by atoms with Crippen molar-refractivity contribution in [3.05, 3.63) is 29.8 Å². The number of methoxy groups -OCH3 is 1. The predicted octanol–water partition coefficient (Wildman–Crippen LogP) is 0.711. The normalized spacial score (nSPS) is 22.2. The van der Waals surface area contributed by atoms with E-state index in [1.807, 2.05) is 14.1 Å². The van der Waals surface area contributed by atoms with Gasteiger partial charge in [0.25, 0.3) is 5.17 Å². The molecule has 1 heterocycles. The Morgan fingerprint density at radius 2 is 1.51 bits per heavy atom. The summed E-state index contributed by atoms with van der Waals surface area (Å²) in [7, 11) is 4.78. The highest BCUT2D eigenvalue weighted by molar-refractivity contribution is 7.80. The maximum absolute atomic E-state index is 12.5. The first-order valence-electron chi connectivity index (χ1n) is 12.0. The van der Waals surface area contributed by atoms with Gasteiger partial charge < -0.3 is 43.4 Å². The van der Waals surface area contributed by atoms with E-state index in [0.717, 1.165) is 40.0 Å². The number of nitrogens with one attached hydrogen (secondary N) is 1. The Hall–Kier alpha value is -3.49. The standard InChI is InChI=1S/C25H34N2O11S/c1-14(28)34-19-20(35-15(2)29)22(36-16(3)30)24(38-21(19)23(31)32-6)37-18-9-7-17(8-10-18)13-33-25(39)27(5)12-11-26-4/h7-10,19-22,24,26H,11-13H2,1-6H3/t19-,20-,21-,22+,24+/m0/s1. The molecular weight excluding hydrogens is 536 g/mol. The van der Waals surface area contributed by atoms with Crippen LogP contribution in [0.15, 0.2) is 24.3 Å². The number of esters is 4. The van der Waals surface area contributed by atoms with Gasteiger partial charge in [-0.3, -0.25) is 14.4 Å². The van der Waals surface area contributed by atoms with Gasteiger partial charge in [-0.15, -0.1) is 0 Å². The number of hydrogen-bond donors (Lipinski definition) is 1. The molecule has 1 saturated heterocycles. The number of nitrogens with zero attached hydrogens (tertiary/aromatic N) is 1. The average Bonchev–Trinajstić information content (AvgIpc) is 2.88. The van der Waals surface area contributed by atoms with Crippen LogP contribution in [-0.4, -0.2) is 99.0 Å². The monoisotopic (exact) mass is 570 g/mol. The zero-order valence-corrected chi connectivity index (χ0v) is 23.5. The summed E-state index contributed by atoms with van der Waals surface area (Å²) in [6.07, 6.45) is -7.30. The van der Waals surface area contributed by atoms with Crippen LogP contribution in [0, 0.1) is 0 Å². The summed E-state index contributed by atoms with van der Waals surface area (Å²) in [5, 5.41) is 3.38. The Balaban J connectivity index is 2.25. The Bertz CT molecular complexity index is 1020. The lowest BCUT2D eigenvalue weighted by molar-refractivity contribution is -0.282. The highest BCUT2D eigenvalue weighted by atomic mass is 32.1. The maximum Gasteiger partial charge on any atom is 0.339 e. The molecule has 1 aromatic rings. The third-order valence-corrected chi connectivity index (χ3v) is 5.81. The summed E-state index contributed by atoms with van der Waals surface area (Å²) in [4.78, 5) is 49.9. The molecule has 0 aromatic heterocycles. The first kappa shape index (κ1) is 31.7. The van der Waals surface area contributed by atoms with Crippen molar-refractivity contribution in [1.29, 1.82) is 0 Å². The largest absolute Gasteiger partial charge is 0.467 e. The summed E-state index contributed by atoms with van der Waals surface area (Å²) >= 11 is 5.28. The Morgan fingerprint density at radius 1 is 0.949 bits per heavy atom. The summed E-state index contributed by atoms with van der Waals surface area (Å²) in [6, 6.07) is 6.65. The lowest BCUT2D eigenvalue weighted by Crippen LogP contribution is -2.64. The lowest BCUT2D eigenvalue weighted by Gasteiger charge is -2.43. The molecular formula is C25H34N2O11S. The second kappa shape index (κ2) is 15.2. The van der Waals surface area contributed by atoms with E-state index in [-0.39, 0.29) is 12.4 Å². The number of hydrogen-bond acceptors (Lipinski definition) is 13. The van der Waals surface area contributed by atoms with E-state index in [0.29, 0.717) is 11.7 Å². The van der Waals surface area contributed by atoms with Crippen LogP contribution in [0.4, 0.5) is 0 Å². The van der Waals surface area contributed by atoms with Crippen LogP contribution in [0.3, 0.4) is 0 Å². The van der Waals surface area contributed by atoms with E-state index in [1.54, 1.807) is 29.2 Å². The van der Waals surface area contributed by atoms with Crippen LogP contribution in [0.2, 0.25) is 0 Å². The molecule has 1 aliphatic heterocycles. The van der Waals surface area contributed by atoms with E-state index in [4.69, 9.17) is 45.4 Å². The van der Waals surface area contributed by atoms with Crippen molar-refractivity contribution in [2.75, 3.05) is 34.3 Å².